The number of piperidine rings is 1. The Labute approximate surface area is 124 Å². The predicted molar refractivity (Wildman–Crippen MR) is 79.5 cm³/mol. The van der Waals surface area contributed by atoms with Crippen LogP contribution < -0.4 is 5.32 Å². The minimum absolute atomic E-state index is 0.0281. The van der Waals surface area contributed by atoms with Crippen LogP contribution in [0.3, 0.4) is 0 Å². The Morgan fingerprint density at radius 3 is 2.75 bits per heavy atom. The summed E-state index contributed by atoms with van der Waals surface area (Å²) in [6, 6.07) is 7.92. The Morgan fingerprint density at radius 2 is 2.15 bits per heavy atom. The highest BCUT2D eigenvalue weighted by Gasteiger charge is 2.29. The number of hydrogen-bond acceptors (Lipinski definition) is 3. The van der Waals surface area contributed by atoms with Crippen molar-refractivity contribution in [2.75, 3.05) is 19.7 Å². The molecule has 2 rings (SSSR count). The van der Waals surface area contributed by atoms with Crippen LogP contribution in [-0.4, -0.2) is 41.7 Å². The highest BCUT2D eigenvalue weighted by atomic mass is 35.5. The second-order valence-corrected chi connectivity index (χ2v) is 5.84. The maximum Gasteiger partial charge on any atom is 0.217 e. The standard InChI is InChI=1S/C15H21ClN2O2/c1-11(20)17-15-6-7-18(9-13(15)10-19)8-12-2-4-14(16)5-3-12/h2-5,13,15,19H,6-10H2,1H3,(H,17,20)/t13-,15-/m1/s1. The van der Waals surface area contributed by atoms with Crippen molar-refractivity contribution >= 4 is 17.5 Å². The lowest BCUT2D eigenvalue weighted by Gasteiger charge is -2.38. The summed E-state index contributed by atoms with van der Waals surface area (Å²) >= 11 is 5.88. The first-order chi connectivity index (χ1) is 9.58. The van der Waals surface area contributed by atoms with Crippen LogP contribution in [0.2, 0.25) is 5.02 Å². The molecule has 4 nitrogen and oxygen atoms in total. The van der Waals surface area contributed by atoms with Crippen LogP contribution in [0.5, 0.6) is 0 Å². The SMILES string of the molecule is CC(=O)N[C@@H]1CCN(Cc2ccc(Cl)cc2)C[C@@H]1CO. The smallest absolute Gasteiger partial charge is 0.217 e. The van der Waals surface area contributed by atoms with E-state index in [2.05, 4.69) is 10.2 Å². The Hall–Kier alpha value is -1.10. The summed E-state index contributed by atoms with van der Waals surface area (Å²) in [4.78, 5) is 13.5. The first kappa shape index (κ1) is 15.3. The van der Waals surface area contributed by atoms with Crippen molar-refractivity contribution in [2.45, 2.75) is 25.9 Å². The molecule has 1 saturated heterocycles. The molecule has 5 heteroatoms. The van der Waals surface area contributed by atoms with Gasteiger partial charge in [-0.3, -0.25) is 9.69 Å². The molecule has 20 heavy (non-hydrogen) atoms. The van der Waals surface area contributed by atoms with Crippen molar-refractivity contribution in [3.05, 3.63) is 34.9 Å². The van der Waals surface area contributed by atoms with E-state index in [9.17, 15) is 9.90 Å². The van der Waals surface area contributed by atoms with Crippen molar-refractivity contribution < 1.29 is 9.90 Å². The molecule has 0 aliphatic carbocycles. The van der Waals surface area contributed by atoms with Crippen LogP contribution in [0, 0.1) is 5.92 Å². The number of hydrogen-bond donors (Lipinski definition) is 2. The Bertz CT molecular complexity index is 450. The van der Waals surface area contributed by atoms with Crippen LogP contribution >= 0.6 is 11.6 Å². The number of halogens is 1. The van der Waals surface area contributed by atoms with E-state index in [1.54, 1.807) is 0 Å². The first-order valence-corrected chi connectivity index (χ1v) is 7.31. The molecule has 1 fully saturated rings. The third-order valence-corrected chi connectivity index (χ3v) is 4.01. The van der Waals surface area contributed by atoms with Gasteiger partial charge in [-0.25, -0.2) is 0 Å². The van der Waals surface area contributed by atoms with Gasteiger partial charge in [0.2, 0.25) is 5.91 Å². The molecule has 1 aliphatic heterocycles. The fourth-order valence-corrected chi connectivity index (χ4v) is 2.86. The molecule has 2 N–H and O–H groups in total. The minimum Gasteiger partial charge on any atom is -0.396 e. The van der Waals surface area contributed by atoms with Gasteiger partial charge in [0, 0.05) is 50.1 Å². The van der Waals surface area contributed by atoms with Crippen LogP contribution in [0.15, 0.2) is 24.3 Å². The third kappa shape index (κ3) is 4.20. The fourth-order valence-electron chi connectivity index (χ4n) is 2.74. The zero-order valence-corrected chi connectivity index (χ0v) is 12.4. The van der Waals surface area contributed by atoms with Gasteiger partial charge in [0.25, 0.3) is 0 Å². The van der Waals surface area contributed by atoms with Crippen molar-refractivity contribution in [3.63, 3.8) is 0 Å². The lowest BCUT2D eigenvalue weighted by Crippen LogP contribution is -2.51. The quantitative estimate of drug-likeness (QED) is 0.888. The van der Waals surface area contributed by atoms with Crippen molar-refractivity contribution in [1.29, 1.82) is 0 Å². The summed E-state index contributed by atoms with van der Waals surface area (Å²) in [7, 11) is 0. The summed E-state index contributed by atoms with van der Waals surface area (Å²) in [5, 5.41) is 13.2. The topological polar surface area (TPSA) is 52.6 Å². The number of rotatable bonds is 4. The molecule has 1 aliphatic rings. The summed E-state index contributed by atoms with van der Waals surface area (Å²) < 4.78 is 0. The monoisotopic (exact) mass is 296 g/mol. The number of aliphatic hydroxyl groups is 1. The van der Waals surface area contributed by atoms with Crippen LogP contribution in [0.1, 0.15) is 18.9 Å². The second kappa shape index (κ2) is 7.07. The summed E-state index contributed by atoms with van der Waals surface area (Å²) in [5.74, 6) is 0.0690. The number of likely N-dealkylation sites (tertiary alicyclic amines) is 1. The van der Waals surface area contributed by atoms with Gasteiger partial charge in [0.05, 0.1) is 0 Å². The van der Waals surface area contributed by atoms with Gasteiger partial charge < -0.3 is 10.4 Å². The Kier molecular flexibility index (Phi) is 5.40. The zero-order chi connectivity index (χ0) is 14.5. The number of nitrogens with zero attached hydrogens (tertiary/aromatic N) is 1. The maximum absolute atomic E-state index is 11.2. The van der Waals surface area contributed by atoms with E-state index >= 15 is 0 Å². The van der Waals surface area contributed by atoms with Gasteiger partial charge in [-0.15, -0.1) is 0 Å². The van der Waals surface area contributed by atoms with Crippen molar-refractivity contribution in [1.82, 2.24) is 10.2 Å². The van der Waals surface area contributed by atoms with Gasteiger partial charge in [-0.1, -0.05) is 23.7 Å². The predicted octanol–water partition coefficient (Wildman–Crippen LogP) is 1.66. The second-order valence-electron chi connectivity index (χ2n) is 5.40. The molecule has 0 saturated carbocycles. The van der Waals surface area contributed by atoms with Gasteiger partial charge >= 0.3 is 0 Å². The molecular weight excluding hydrogens is 276 g/mol. The van der Waals surface area contributed by atoms with E-state index in [4.69, 9.17) is 11.6 Å². The van der Waals surface area contributed by atoms with E-state index in [-0.39, 0.29) is 24.5 Å². The Morgan fingerprint density at radius 1 is 1.45 bits per heavy atom. The lowest BCUT2D eigenvalue weighted by molar-refractivity contribution is -0.120. The largest absolute Gasteiger partial charge is 0.396 e. The number of benzene rings is 1. The molecule has 0 radical (unpaired) electrons. The highest BCUT2D eigenvalue weighted by Crippen LogP contribution is 2.20. The number of amides is 1. The summed E-state index contributed by atoms with van der Waals surface area (Å²) in [6.45, 7) is 4.19. The van der Waals surface area contributed by atoms with Gasteiger partial charge in [-0.05, 0) is 24.1 Å². The molecule has 0 aromatic heterocycles. The molecule has 0 unspecified atom stereocenters. The highest BCUT2D eigenvalue weighted by molar-refractivity contribution is 6.30. The molecule has 1 amide bonds. The van der Waals surface area contributed by atoms with Gasteiger partial charge in [0.15, 0.2) is 0 Å². The molecule has 2 atom stereocenters. The lowest BCUT2D eigenvalue weighted by atomic mass is 9.92. The van der Waals surface area contributed by atoms with E-state index in [1.807, 2.05) is 24.3 Å². The molecule has 1 heterocycles. The summed E-state index contributed by atoms with van der Waals surface area (Å²) in [6.07, 6.45) is 0.873. The van der Waals surface area contributed by atoms with Crippen LogP contribution in [0.4, 0.5) is 0 Å². The number of aliphatic hydroxyl groups excluding tert-OH is 1. The van der Waals surface area contributed by atoms with Crippen molar-refractivity contribution in [2.24, 2.45) is 5.92 Å². The molecule has 0 spiro atoms. The van der Waals surface area contributed by atoms with E-state index < -0.39 is 0 Å². The number of carbonyl (C=O) groups is 1. The van der Waals surface area contributed by atoms with E-state index in [0.717, 1.165) is 31.1 Å². The normalized spacial score (nSPS) is 23.6. The molecule has 1 aromatic rings. The van der Waals surface area contributed by atoms with E-state index in [0.29, 0.717) is 0 Å². The fraction of sp³-hybridized carbons (Fsp3) is 0.533. The Balaban J connectivity index is 1.92. The van der Waals surface area contributed by atoms with Crippen LogP contribution in [-0.2, 0) is 11.3 Å². The van der Waals surface area contributed by atoms with E-state index in [1.165, 1.54) is 12.5 Å². The van der Waals surface area contributed by atoms with Crippen LogP contribution in [0.25, 0.3) is 0 Å². The number of nitrogens with one attached hydrogen (secondary N) is 1. The molecule has 1 aromatic carbocycles. The summed E-state index contributed by atoms with van der Waals surface area (Å²) in [5.41, 5.74) is 1.21. The van der Waals surface area contributed by atoms with Crippen molar-refractivity contribution in [3.8, 4) is 0 Å². The van der Waals surface area contributed by atoms with Gasteiger partial charge in [0.1, 0.15) is 0 Å². The molecule has 0 bridgehead atoms. The third-order valence-electron chi connectivity index (χ3n) is 3.76. The zero-order valence-electron chi connectivity index (χ0n) is 11.7. The maximum atomic E-state index is 11.2. The average Bonchev–Trinajstić information content (AvgIpc) is 2.42. The molecule has 110 valence electrons. The minimum atomic E-state index is -0.0281. The average molecular weight is 297 g/mol. The number of carbonyl (C=O) groups excluding carboxylic acids is 1. The van der Waals surface area contributed by atoms with Gasteiger partial charge in [-0.2, -0.15) is 0 Å². The molecular formula is C15H21ClN2O2. The first-order valence-electron chi connectivity index (χ1n) is 6.93.